The molecule has 146 valence electrons. The minimum absolute atomic E-state index is 0.402. The van der Waals surface area contributed by atoms with E-state index in [1.54, 1.807) is 18.5 Å². The van der Waals surface area contributed by atoms with Crippen LogP contribution < -0.4 is 0 Å². The number of fused-ring (bicyclic) bond motifs is 1. The van der Waals surface area contributed by atoms with Crippen LogP contribution in [0.25, 0.3) is 28.3 Å². The Balaban J connectivity index is 1.94. The van der Waals surface area contributed by atoms with Crippen LogP contribution in [0.2, 0.25) is 0 Å². The molecule has 0 radical (unpaired) electrons. The third-order valence-corrected chi connectivity index (χ3v) is 4.36. The first-order chi connectivity index (χ1) is 13.8. The first kappa shape index (κ1) is 18.8. The molecule has 0 amide bonds. The molecule has 0 aliphatic carbocycles. The molecule has 0 aliphatic heterocycles. The molecule has 0 N–H and O–H groups in total. The van der Waals surface area contributed by atoms with Crippen molar-refractivity contribution >= 4 is 11.6 Å². The van der Waals surface area contributed by atoms with Gasteiger partial charge >= 0.3 is 5.97 Å². The van der Waals surface area contributed by atoms with Gasteiger partial charge < -0.3 is 4.74 Å². The molecule has 0 unspecified atom stereocenters. The average Bonchev–Trinajstić information content (AvgIpc) is 3.11. The summed E-state index contributed by atoms with van der Waals surface area (Å²) in [6, 6.07) is 15.4. The number of ether oxygens (including phenoxy) is 1. The highest BCUT2D eigenvalue weighted by Crippen LogP contribution is 2.28. The van der Waals surface area contributed by atoms with Gasteiger partial charge in [0.05, 0.1) is 11.3 Å². The second-order valence-corrected chi connectivity index (χ2v) is 7.95. The standard InChI is InChI=1S/C23H22N4O2/c1-15-10-11-19(24-13-15)18-12-17(22(28)29-23(2,3)4)14-27-20(25-26-21(18)27)16-8-6-5-7-9-16/h5-14H,1-4H3. The van der Waals surface area contributed by atoms with Gasteiger partial charge in [-0.15, -0.1) is 10.2 Å². The van der Waals surface area contributed by atoms with Crippen molar-refractivity contribution in [2.75, 3.05) is 0 Å². The quantitative estimate of drug-likeness (QED) is 0.477. The van der Waals surface area contributed by atoms with Gasteiger partial charge in [-0.05, 0) is 45.4 Å². The molecule has 0 saturated heterocycles. The lowest BCUT2D eigenvalue weighted by Gasteiger charge is -2.20. The number of carbonyl (C=O) groups is 1. The van der Waals surface area contributed by atoms with Crippen molar-refractivity contribution in [1.82, 2.24) is 19.6 Å². The van der Waals surface area contributed by atoms with Crippen LogP contribution in [0.5, 0.6) is 0 Å². The summed E-state index contributed by atoms with van der Waals surface area (Å²) < 4.78 is 7.42. The van der Waals surface area contributed by atoms with Gasteiger partial charge in [-0.2, -0.15) is 0 Å². The van der Waals surface area contributed by atoms with Crippen LogP contribution in [0.3, 0.4) is 0 Å². The molecule has 6 nitrogen and oxygen atoms in total. The zero-order valence-electron chi connectivity index (χ0n) is 16.9. The summed E-state index contributed by atoms with van der Waals surface area (Å²) in [7, 11) is 0. The summed E-state index contributed by atoms with van der Waals surface area (Å²) in [5.74, 6) is 0.250. The van der Waals surface area contributed by atoms with E-state index in [9.17, 15) is 4.79 Å². The molecule has 0 fully saturated rings. The summed E-state index contributed by atoms with van der Waals surface area (Å²) in [5.41, 5.74) is 3.86. The molecule has 0 saturated carbocycles. The van der Waals surface area contributed by atoms with Crippen molar-refractivity contribution in [2.45, 2.75) is 33.3 Å². The third kappa shape index (κ3) is 3.87. The van der Waals surface area contributed by atoms with E-state index in [0.29, 0.717) is 17.0 Å². The number of carbonyl (C=O) groups excluding carboxylic acids is 1. The molecule has 0 aliphatic rings. The first-order valence-electron chi connectivity index (χ1n) is 9.42. The van der Waals surface area contributed by atoms with E-state index >= 15 is 0 Å². The van der Waals surface area contributed by atoms with Gasteiger partial charge in [0.15, 0.2) is 11.5 Å². The maximum absolute atomic E-state index is 12.8. The van der Waals surface area contributed by atoms with Gasteiger partial charge in [0, 0.05) is 23.5 Å². The van der Waals surface area contributed by atoms with Crippen molar-refractivity contribution in [1.29, 1.82) is 0 Å². The summed E-state index contributed by atoms with van der Waals surface area (Å²) in [6.45, 7) is 7.52. The SMILES string of the molecule is Cc1ccc(-c2cc(C(=O)OC(C)(C)C)cn3c(-c4ccccc4)nnc23)nc1. The van der Waals surface area contributed by atoms with Crippen molar-refractivity contribution in [3.63, 3.8) is 0 Å². The maximum Gasteiger partial charge on any atom is 0.340 e. The van der Waals surface area contributed by atoms with E-state index in [2.05, 4.69) is 15.2 Å². The van der Waals surface area contributed by atoms with Crippen molar-refractivity contribution in [3.8, 4) is 22.6 Å². The van der Waals surface area contributed by atoms with Gasteiger partial charge in [-0.3, -0.25) is 9.38 Å². The molecule has 1 aromatic carbocycles. The maximum atomic E-state index is 12.8. The van der Waals surface area contributed by atoms with Crippen molar-refractivity contribution < 1.29 is 9.53 Å². The fraction of sp³-hybridized carbons (Fsp3) is 0.217. The van der Waals surface area contributed by atoms with E-state index in [-0.39, 0.29) is 0 Å². The third-order valence-electron chi connectivity index (χ3n) is 4.36. The number of hydrogen-bond acceptors (Lipinski definition) is 5. The Morgan fingerprint density at radius 1 is 1.03 bits per heavy atom. The average molecular weight is 386 g/mol. The number of aryl methyl sites for hydroxylation is 1. The highest BCUT2D eigenvalue weighted by Gasteiger charge is 2.22. The summed E-state index contributed by atoms with van der Waals surface area (Å²) >= 11 is 0. The van der Waals surface area contributed by atoms with Crippen LogP contribution in [0.4, 0.5) is 0 Å². The molecule has 4 aromatic rings. The lowest BCUT2D eigenvalue weighted by molar-refractivity contribution is 0.00690. The molecule has 0 bridgehead atoms. The topological polar surface area (TPSA) is 69.4 Å². The zero-order valence-corrected chi connectivity index (χ0v) is 16.9. The molecule has 6 heteroatoms. The number of pyridine rings is 2. The van der Waals surface area contributed by atoms with E-state index in [1.165, 1.54) is 0 Å². The number of nitrogens with zero attached hydrogens (tertiary/aromatic N) is 4. The summed E-state index contributed by atoms with van der Waals surface area (Å²) in [6.07, 6.45) is 3.52. The minimum Gasteiger partial charge on any atom is -0.456 e. The Morgan fingerprint density at radius 3 is 2.45 bits per heavy atom. The highest BCUT2D eigenvalue weighted by molar-refractivity contribution is 5.93. The van der Waals surface area contributed by atoms with Crippen LogP contribution in [0, 0.1) is 6.92 Å². The molecular weight excluding hydrogens is 364 g/mol. The monoisotopic (exact) mass is 386 g/mol. The van der Waals surface area contributed by atoms with Gasteiger partial charge in [0.2, 0.25) is 0 Å². The molecular formula is C23H22N4O2. The van der Waals surface area contributed by atoms with E-state index in [0.717, 1.165) is 22.4 Å². The Bertz CT molecular complexity index is 1170. The smallest absolute Gasteiger partial charge is 0.340 e. The fourth-order valence-corrected chi connectivity index (χ4v) is 3.04. The molecule has 29 heavy (non-hydrogen) atoms. The zero-order chi connectivity index (χ0) is 20.6. The van der Waals surface area contributed by atoms with Gasteiger partial charge in [-0.25, -0.2) is 4.79 Å². The number of rotatable bonds is 3. The second kappa shape index (κ2) is 7.13. The van der Waals surface area contributed by atoms with Gasteiger partial charge in [0.25, 0.3) is 0 Å². The number of benzene rings is 1. The van der Waals surface area contributed by atoms with Crippen molar-refractivity contribution in [2.24, 2.45) is 0 Å². The first-order valence-corrected chi connectivity index (χ1v) is 9.42. The second-order valence-electron chi connectivity index (χ2n) is 7.95. The fourth-order valence-electron chi connectivity index (χ4n) is 3.04. The van der Waals surface area contributed by atoms with Crippen LogP contribution >= 0.6 is 0 Å². The highest BCUT2D eigenvalue weighted by atomic mass is 16.6. The van der Waals surface area contributed by atoms with Gasteiger partial charge in [0.1, 0.15) is 5.60 Å². The van der Waals surface area contributed by atoms with E-state index < -0.39 is 11.6 Å². The molecule has 3 aromatic heterocycles. The van der Waals surface area contributed by atoms with Crippen molar-refractivity contribution in [3.05, 3.63) is 72.1 Å². The molecule has 0 spiro atoms. The Morgan fingerprint density at radius 2 is 1.79 bits per heavy atom. The van der Waals surface area contributed by atoms with Crippen LogP contribution in [0.15, 0.2) is 60.9 Å². The largest absolute Gasteiger partial charge is 0.456 e. The van der Waals surface area contributed by atoms with E-state index in [4.69, 9.17) is 4.74 Å². The minimum atomic E-state index is -0.593. The normalized spacial score (nSPS) is 11.6. The van der Waals surface area contributed by atoms with Gasteiger partial charge in [-0.1, -0.05) is 36.4 Å². The Labute approximate surface area is 169 Å². The summed E-state index contributed by atoms with van der Waals surface area (Å²) in [5, 5.41) is 8.77. The predicted molar refractivity (Wildman–Crippen MR) is 112 cm³/mol. The Hall–Kier alpha value is -3.54. The predicted octanol–water partition coefficient (Wildman–Crippen LogP) is 4.72. The molecule has 3 heterocycles. The Kier molecular flexibility index (Phi) is 4.62. The summed E-state index contributed by atoms with van der Waals surface area (Å²) in [4.78, 5) is 17.3. The number of esters is 1. The number of aromatic nitrogens is 4. The van der Waals surface area contributed by atoms with Crippen LogP contribution in [-0.2, 0) is 4.74 Å². The van der Waals surface area contributed by atoms with Crippen LogP contribution in [-0.4, -0.2) is 31.2 Å². The van der Waals surface area contributed by atoms with Crippen LogP contribution in [0.1, 0.15) is 36.7 Å². The number of hydrogen-bond donors (Lipinski definition) is 0. The lowest BCUT2D eigenvalue weighted by Crippen LogP contribution is -2.24. The lowest BCUT2D eigenvalue weighted by atomic mass is 10.1. The molecule has 4 rings (SSSR count). The molecule has 0 atom stereocenters. The van der Waals surface area contributed by atoms with E-state index in [1.807, 2.05) is 74.6 Å².